The largest absolute Gasteiger partial charge is 0.465 e. The van der Waals surface area contributed by atoms with Crippen molar-refractivity contribution in [1.82, 2.24) is 0 Å². The lowest BCUT2D eigenvalue weighted by atomic mass is 9.62. The molecule has 2 nitrogen and oxygen atoms in total. The lowest BCUT2D eigenvalue weighted by molar-refractivity contribution is -0.155. The van der Waals surface area contributed by atoms with Gasteiger partial charge >= 0.3 is 5.97 Å². The molecule has 0 aliphatic heterocycles. The second-order valence-electron chi connectivity index (χ2n) is 12.9. The number of carbonyl (C=O) groups excluding carboxylic acids is 1. The standard InChI is InChI=1S/C26H40O2/c1-13-14(2)19-11-18(13)22-15-8-20(23(19)22)21(9-15)24(27)28-12-17-10-16-6-7-26(17,5)25(16,3)4/h13-23H,6-12H2,1-5H3. The van der Waals surface area contributed by atoms with Crippen LogP contribution in [-0.2, 0) is 9.53 Å². The minimum atomic E-state index is 0.179. The molecule has 6 aliphatic rings. The van der Waals surface area contributed by atoms with Gasteiger partial charge in [0, 0.05) is 0 Å². The van der Waals surface area contributed by atoms with Gasteiger partial charge < -0.3 is 4.74 Å². The van der Waals surface area contributed by atoms with Crippen molar-refractivity contribution < 1.29 is 9.53 Å². The molecule has 0 aromatic rings. The predicted octanol–water partition coefficient (Wildman–Crippen LogP) is 5.80. The van der Waals surface area contributed by atoms with Gasteiger partial charge in [-0.2, -0.15) is 0 Å². The van der Waals surface area contributed by atoms with E-state index in [1.807, 2.05) is 0 Å². The van der Waals surface area contributed by atoms with E-state index in [-0.39, 0.29) is 11.9 Å². The third kappa shape index (κ3) is 1.99. The summed E-state index contributed by atoms with van der Waals surface area (Å²) in [5, 5.41) is 0. The number of esters is 1. The second-order valence-corrected chi connectivity index (χ2v) is 12.9. The fourth-order valence-electron chi connectivity index (χ4n) is 10.4. The number of ether oxygens (including phenoxy) is 1. The van der Waals surface area contributed by atoms with Gasteiger partial charge in [0.1, 0.15) is 0 Å². The van der Waals surface area contributed by atoms with Crippen molar-refractivity contribution in [1.29, 1.82) is 0 Å². The Morgan fingerprint density at radius 2 is 1.64 bits per heavy atom. The van der Waals surface area contributed by atoms with E-state index < -0.39 is 0 Å². The summed E-state index contributed by atoms with van der Waals surface area (Å²) in [7, 11) is 0. The molecule has 28 heavy (non-hydrogen) atoms. The van der Waals surface area contributed by atoms with E-state index in [0.717, 1.165) is 53.8 Å². The Morgan fingerprint density at radius 3 is 2.29 bits per heavy atom. The van der Waals surface area contributed by atoms with Gasteiger partial charge in [0.2, 0.25) is 0 Å². The first-order chi connectivity index (χ1) is 13.2. The van der Waals surface area contributed by atoms with Gasteiger partial charge in [-0.3, -0.25) is 4.79 Å². The van der Waals surface area contributed by atoms with Crippen LogP contribution in [-0.4, -0.2) is 12.6 Å². The van der Waals surface area contributed by atoms with Crippen LogP contribution in [0.3, 0.4) is 0 Å². The lowest BCUT2D eigenvalue weighted by Crippen LogP contribution is -2.41. The zero-order chi connectivity index (χ0) is 19.6. The summed E-state index contributed by atoms with van der Waals surface area (Å²) in [6.07, 6.45) is 7.91. The Labute approximate surface area is 171 Å². The first kappa shape index (κ1) is 18.3. The van der Waals surface area contributed by atoms with Gasteiger partial charge in [0.05, 0.1) is 12.5 Å². The Morgan fingerprint density at radius 1 is 0.929 bits per heavy atom. The number of carbonyl (C=O) groups is 1. The summed E-state index contributed by atoms with van der Waals surface area (Å²) >= 11 is 0. The maximum atomic E-state index is 13.2. The SMILES string of the molecule is CC1C(C)C2CC1C1C3CC(C(=O)OCC4CC5CCC4(C)C5(C)C)C(C3)C21. The van der Waals surface area contributed by atoms with Crippen molar-refractivity contribution >= 4 is 5.97 Å². The summed E-state index contributed by atoms with van der Waals surface area (Å²) < 4.78 is 6.11. The van der Waals surface area contributed by atoms with Gasteiger partial charge in [-0.25, -0.2) is 0 Å². The summed E-state index contributed by atoms with van der Waals surface area (Å²) in [5.41, 5.74) is 0.785. The molecule has 0 heterocycles. The van der Waals surface area contributed by atoms with Crippen molar-refractivity contribution in [2.24, 2.45) is 75.9 Å². The molecule has 0 aromatic heterocycles. The maximum Gasteiger partial charge on any atom is 0.309 e. The average Bonchev–Trinajstić information content (AvgIpc) is 3.44. The minimum absolute atomic E-state index is 0.179. The van der Waals surface area contributed by atoms with Crippen LogP contribution in [0.15, 0.2) is 0 Å². The highest BCUT2D eigenvalue weighted by atomic mass is 16.5. The quantitative estimate of drug-likeness (QED) is 0.454. The summed E-state index contributed by atoms with van der Waals surface area (Å²) in [5.74, 6) is 8.77. The molecule has 12 atom stereocenters. The zero-order valence-corrected chi connectivity index (χ0v) is 18.6. The summed E-state index contributed by atoms with van der Waals surface area (Å²) in [6.45, 7) is 13.1. The molecule has 6 rings (SSSR count). The Balaban J connectivity index is 1.13. The first-order valence-corrected chi connectivity index (χ1v) is 12.4. The van der Waals surface area contributed by atoms with Gasteiger partial charge in [0.25, 0.3) is 0 Å². The third-order valence-electron chi connectivity index (χ3n) is 12.5. The molecule has 6 saturated carbocycles. The molecule has 6 fully saturated rings. The van der Waals surface area contributed by atoms with E-state index in [1.54, 1.807) is 0 Å². The number of hydrogen-bond donors (Lipinski definition) is 0. The smallest absolute Gasteiger partial charge is 0.309 e. The normalized spacial score (nSPS) is 59.8. The fourth-order valence-corrected chi connectivity index (χ4v) is 10.4. The Kier molecular flexibility index (Phi) is 3.64. The number of rotatable bonds is 3. The molecule has 0 saturated heterocycles. The lowest BCUT2D eigenvalue weighted by Gasteiger charge is -2.43. The van der Waals surface area contributed by atoms with Crippen LogP contribution in [0.4, 0.5) is 0 Å². The topological polar surface area (TPSA) is 26.3 Å². The van der Waals surface area contributed by atoms with Crippen molar-refractivity contribution in [3.63, 3.8) is 0 Å². The molecule has 2 heteroatoms. The van der Waals surface area contributed by atoms with Crippen molar-refractivity contribution in [2.75, 3.05) is 6.61 Å². The maximum absolute atomic E-state index is 13.2. The van der Waals surface area contributed by atoms with Crippen molar-refractivity contribution in [3.8, 4) is 0 Å². The van der Waals surface area contributed by atoms with E-state index >= 15 is 0 Å². The fraction of sp³-hybridized carbons (Fsp3) is 0.962. The highest BCUT2D eigenvalue weighted by Gasteiger charge is 2.67. The van der Waals surface area contributed by atoms with Crippen LogP contribution >= 0.6 is 0 Å². The minimum Gasteiger partial charge on any atom is -0.465 e. The van der Waals surface area contributed by atoms with Gasteiger partial charge in [-0.05, 0) is 109 Å². The van der Waals surface area contributed by atoms with Crippen LogP contribution in [0.25, 0.3) is 0 Å². The molecule has 156 valence electrons. The van der Waals surface area contributed by atoms with E-state index in [4.69, 9.17) is 4.74 Å². The van der Waals surface area contributed by atoms with Gasteiger partial charge in [-0.1, -0.05) is 34.6 Å². The van der Waals surface area contributed by atoms with Gasteiger partial charge in [-0.15, -0.1) is 0 Å². The molecule has 6 bridgehead atoms. The molecule has 0 aromatic carbocycles. The number of fused-ring (bicyclic) bond motifs is 11. The molecular formula is C26H40O2. The highest BCUT2D eigenvalue weighted by Crippen LogP contribution is 2.72. The zero-order valence-electron chi connectivity index (χ0n) is 18.6. The van der Waals surface area contributed by atoms with Crippen molar-refractivity contribution in [3.05, 3.63) is 0 Å². The van der Waals surface area contributed by atoms with Crippen LogP contribution in [0.2, 0.25) is 0 Å². The monoisotopic (exact) mass is 384 g/mol. The van der Waals surface area contributed by atoms with E-state index in [2.05, 4.69) is 34.6 Å². The van der Waals surface area contributed by atoms with Crippen LogP contribution < -0.4 is 0 Å². The van der Waals surface area contributed by atoms with Crippen molar-refractivity contribution in [2.45, 2.75) is 73.1 Å². The van der Waals surface area contributed by atoms with E-state index in [9.17, 15) is 4.79 Å². The second kappa shape index (κ2) is 5.58. The predicted molar refractivity (Wildman–Crippen MR) is 110 cm³/mol. The molecule has 12 unspecified atom stereocenters. The van der Waals surface area contributed by atoms with E-state index in [1.165, 1.54) is 32.1 Å². The highest BCUT2D eigenvalue weighted by molar-refractivity contribution is 5.73. The number of hydrogen-bond acceptors (Lipinski definition) is 2. The van der Waals surface area contributed by atoms with Crippen LogP contribution in [0.5, 0.6) is 0 Å². The third-order valence-corrected chi connectivity index (χ3v) is 12.5. The molecule has 0 spiro atoms. The average molecular weight is 385 g/mol. The molecular weight excluding hydrogens is 344 g/mol. The van der Waals surface area contributed by atoms with Crippen LogP contribution in [0, 0.1) is 75.9 Å². The summed E-state index contributed by atoms with van der Waals surface area (Å²) in [6, 6.07) is 0. The Hall–Kier alpha value is -0.530. The molecule has 0 radical (unpaired) electrons. The Bertz CT molecular complexity index is 697. The molecule has 6 aliphatic carbocycles. The molecule has 0 N–H and O–H groups in total. The molecule has 0 amide bonds. The van der Waals surface area contributed by atoms with E-state index in [0.29, 0.717) is 29.3 Å². The summed E-state index contributed by atoms with van der Waals surface area (Å²) in [4.78, 5) is 13.2. The first-order valence-electron chi connectivity index (χ1n) is 12.4. The van der Waals surface area contributed by atoms with Gasteiger partial charge in [0.15, 0.2) is 0 Å². The van der Waals surface area contributed by atoms with Crippen LogP contribution in [0.1, 0.15) is 73.1 Å².